The molecule has 0 aliphatic carbocycles. The molecular weight excluding hydrogens is 220 g/mol. The number of benzene rings is 1. The average Bonchev–Trinajstić information content (AvgIpc) is 2.19. The molecule has 4 nitrogen and oxygen atoms in total. The van der Waals surface area contributed by atoms with E-state index >= 15 is 0 Å². The molecule has 14 heavy (non-hydrogen) atoms. The molecule has 0 aliphatic rings. The fourth-order valence-electron chi connectivity index (χ4n) is 0.833. The monoisotopic (exact) mass is 228 g/mol. The zero-order valence-corrected chi connectivity index (χ0v) is 8.81. The van der Waals surface area contributed by atoms with Gasteiger partial charge in [-0.25, -0.2) is 13.4 Å². The molecule has 0 aliphatic heterocycles. The maximum atomic E-state index is 11.5. The fourth-order valence-corrected chi connectivity index (χ4v) is 1.81. The second-order valence-corrected chi connectivity index (χ2v) is 4.32. The van der Waals surface area contributed by atoms with Gasteiger partial charge in [0.1, 0.15) is 6.67 Å². The van der Waals surface area contributed by atoms with Gasteiger partial charge in [0.15, 0.2) is 0 Å². The van der Waals surface area contributed by atoms with Gasteiger partial charge in [-0.2, -0.15) is 4.72 Å². The van der Waals surface area contributed by atoms with Crippen LogP contribution in [-0.2, 0) is 10.0 Å². The van der Waals surface area contributed by atoms with Crippen LogP contribution in [0.25, 0.3) is 0 Å². The minimum atomic E-state index is -3.46. The van der Waals surface area contributed by atoms with Crippen LogP contribution < -0.4 is 4.72 Å². The van der Waals surface area contributed by atoms with Gasteiger partial charge in [0.2, 0.25) is 10.0 Å². The molecule has 0 aromatic heterocycles. The maximum Gasteiger partial charge on any atom is 0.242 e. The van der Waals surface area contributed by atoms with E-state index in [1.807, 2.05) is 0 Å². The molecule has 0 bridgehead atoms. The number of sulfonamides is 1. The van der Waals surface area contributed by atoms with Crippen LogP contribution in [0.1, 0.15) is 0 Å². The lowest BCUT2D eigenvalue weighted by Gasteiger charge is -2.02. The zero-order valence-electron chi connectivity index (χ0n) is 7.17. The van der Waals surface area contributed by atoms with E-state index in [9.17, 15) is 8.42 Å². The summed E-state index contributed by atoms with van der Waals surface area (Å²) in [5.41, 5.74) is 0. The topological polar surface area (TPSA) is 58.5 Å². The summed E-state index contributed by atoms with van der Waals surface area (Å²) < 4.78 is 25.2. The van der Waals surface area contributed by atoms with E-state index in [1.165, 1.54) is 12.1 Å². The minimum Gasteiger partial charge on any atom is -0.216 e. The quantitative estimate of drug-likeness (QED) is 0.618. The molecule has 0 fully saturated rings. The standard InChI is InChI=1S/C8H8N2O2S2/c11-14(12,10-6-9-7-13)8-4-2-1-3-5-8/h1-5,10H,6H2. The molecular formula is C8H8N2O2S2. The van der Waals surface area contributed by atoms with Crippen LogP contribution in [0.4, 0.5) is 0 Å². The van der Waals surface area contributed by atoms with Crippen molar-refractivity contribution in [3.8, 4) is 0 Å². The largest absolute Gasteiger partial charge is 0.242 e. The van der Waals surface area contributed by atoms with Crippen LogP contribution in [-0.4, -0.2) is 20.2 Å². The Balaban J connectivity index is 2.81. The second kappa shape index (κ2) is 4.97. The maximum absolute atomic E-state index is 11.5. The third-order valence-electron chi connectivity index (χ3n) is 1.45. The zero-order chi connectivity index (χ0) is 10.4. The Morgan fingerprint density at radius 2 is 2.00 bits per heavy atom. The summed E-state index contributed by atoms with van der Waals surface area (Å²) in [6.07, 6.45) is 0. The van der Waals surface area contributed by atoms with Crippen molar-refractivity contribution in [1.82, 2.24) is 4.72 Å². The van der Waals surface area contributed by atoms with Crippen molar-refractivity contribution in [3.63, 3.8) is 0 Å². The van der Waals surface area contributed by atoms with Crippen molar-refractivity contribution in [1.29, 1.82) is 0 Å². The van der Waals surface area contributed by atoms with E-state index in [1.54, 1.807) is 18.2 Å². The van der Waals surface area contributed by atoms with E-state index in [2.05, 4.69) is 27.1 Å². The number of hydrogen-bond donors (Lipinski definition) is 1. The summed E-state index contributed by atoms with van der Waals surface area (Å²) in [4.78, 5) is 3.66. The molecule has 1 aromatic carbocycles. The van der Waals surface area contributed by atoms with Crippen LogP contribution in [0.15, 0.2) is 40.2 Å². The first-order chi connectivity index (χ1) is 6.67. The molecule has 0 saturated heterocycles. The molecule has 0 heterocycles. The molecule has 0 radical (unpaired) electrons. The smallest absolute Gasteiger partial charge is 0.216 e. The third kappa shape index (κ3) is 3.01. The van der Waals surface area contributed by atoms with Crippen LogP contribution in [0.2, 0.25) is 0 Å². The van der Waals surface area contributed by atoms with Crippen molar-refractivity contribution >= 4 is 27.4 Å². The van der Waals surface area contributed by atoms with Crippen LogP contribution in [0.5, 0.6) is 0 Å². The number of isothiocyanates is 1. The van der Waals surface area contributed by atoms with E-state index in [4.69, 9.17) is 0 Å². The van der Waals surface area contributed by atoms with Crippen LogP contribution >= 0.6 is 12.2 Å². The molecule has 0 atom stereocenters. The third-order valence-corrected chi connectivity index (χ3v) is 2.98. The van der Waals surface area contributed by atoms with Crippen molar-refractivity contribution < 1.29 is 8.42 Å². The van der Waals surface area contributed by atoms with E-state index in [0.717, 1.165) is 0 Å². The van der Waals surface area contributed by atoms with Gasteiger partial charge in [-0.1, -0.05) is 18.2 Å². The fraction of sp³-hybridized carbons (Fsp3) is 0.125. The highest BCUT2D eigenvalue weighted by molar-refractivity contribution is 7.89. The average molecular weight is 228 g/mol. The summed E-state index contributed by atoms with van der Waals surface area (Å²) in [5.74, 6) is 0. The summed E-state index contributed by atoms with van der Waals surface area (Å²) in [6.45, 7) is -0.0826. The number of nitrogens with one attached hydrogen (secondary N) is 1. The van der Waals surface area contributed by atoms with Crippen LogP contribution in [0, 0.1) is 0 Å². The number of aliphatic imine (C=N–C) groups is 1. The van der Waals surface area contributed by atoms with Gasteiger partial charge in [-0.3, -0.25) is 0 Å². The molecule has 1 rings (SSSR count). The summed E-state index contributed by atoms with van der Waals surface area (Å²) >= 11 is 4.31. The van der Waals surface area contributed by atoms with Gasteiger partial charge < -0.3 is 0 Å². The summed E-state index contributed by atoms with van der Waals surface area (Å²) in [5, 5.41) is 2.07. The Bertz CT molecular complexity index is 436. The highest BCUT2D eigenvalue weighted by Crippen LogP contribution is 2.06. The molecule has 1 aromatic rings. The first-order valence-electron chi connectivity index (χ1n) is 3.75. The highest BCUT2D eigenvalue weighted by atomic mass is 32.2. The summed E-state index contributed by atoms with van der Waals surface area (Å²) in [6, 6.07) is 8.05. The van der Waals surface area contributed by atoms with Gasteiger partial charge >= 0.3 is 0 Å². The van der Waals surface area contributed by atoms with Gasteiger partial charge in [0.05, 0.1) is 10.1 Å². The van der Waals surface area contributed by atoms with Gasteiger partial charge in [-0.15, -0.1) is 0 Å². The lowest BCUT2D eigenvalue weighted by Crippen LogP contribution is -2.23. The first kappa shape index (κ1) is 11.0. The lowest BCUT2D eigenvalue weighted by molar-refractivity contribution is 0.583. The van der Waals surface area contributed by atoms with E-state index in [-0.39, 0.29) is 11.6 Å². The Morgan fingerprint density at radius 1 is 1.36 bits per heavy atom. The van der Waals surface area contributed by atoms with Crippen molar-refractivity contribution in [3.05, 3.63) is 30.3 Å². The Labute approximate surface area is 87.7 Å². The SMILES string of the molecule is O=S(=O)(NCN=C=S)c1ccccc1. The van der Waals surface area contributed by atoms with Crippen molar-refractivity contribution in [2.45, 2.75) is 4.90 Å². The minimum absolute atomic E-state index is 0.0826. The van der Waals surface area contributed by atoms with Crippen LogP contribution in [0.3, 0.4) is 0 Å². The number of rotatable bonds is 4. The second-order valence-electron chi connectivity index (χ2n) is 2.37. The first-order valence-corrected chi connectivity index (χ1v) is 5.64. The summed E-state index contributed by atoms with van der Waals surface area (Å²) in [7, 11) is -3.46. The molecule has 0 saturated carbocycles. The number of thiocarbonyl (C=S) groups is 1. The number of hydrogen-bond acceptors (Lipinski definition) is 4. The van der Waals surface area contributed by atoms with E-state index in [0.29, 0.717) is 0 Å². The van der Waals surface area contributed by atoms with Gasteiger partial charge in [-0.05, 0) is 24.4 Å². The van der Waals surface area contributed by atoms with Crippen molar-refractivity contribution in [2.24, 2.45) is 4.99 Å². The Hall–Kier alpha value is -1.07. The Morgan fingerprint density at radius 3 is 2.57 bits per heavy atom. The van der Waals surface area contributed by atoms with Gasteiger partial charge in [0.25, 0.3) is 0 Å². The molecule has 1 N–H and O–H groups in total. The predicted octanol–water partition coefficient (Wildman–Crippen LogP) is 1.03. The lowest BCUT2D eigenvalue weighted by atomic mass is 10.4. The predicted molar refractivity (Wildman–Crippen MR) is 56.7 cm³/mol. The molecule has 74 valence electrons. The van der Waals surface area contributed by atoms with E-state index < -0.39 is 10.0 Å². The normalized spacial score (nSPS) is 10.6. The number of nitrogens with zero attached hydrogens (tertiary/aromatic N) is 1. The van der Waals surface area contributed by atoms with Crippen molar-refractivity contribution in [2.75, 3.05) is 6.67 Å². The molecule has 0 unspecified atom stereocenters. The highest BCUT2D eigenvalue weighted by Gasteiger charge is 2.11. The Kier molecular flexibility index (Phi) is 3.91. The molecule has 0 amide bonds. The molecule has 0 spiro atoms. The molecule has 6 heteroatoms. The van der Waals surface area contributed by atoms with Gasteiger partial charge in [0, 0.05) is 0 Å².